The molecule has 0 saturated heterocycles. The van der Waals surface area contributed by atoms with Crippen LogP contribution in [0.1, 0.15) is 16.8 Å². The first-order chi connectivity index (χ1) is 12.2. The van der Waals surface area contributed by atoms with Crippen molar-refractivity contribution < 1.29 is 14.3 Å². The first-order valence-electron chi connectivity index (χ1n) is 7.96. The molecule has 1 N–H and O–H groups in total. The number of fused-ring (bicyclic) bond motifs is 2. The van der Waals surface area contributed by atoms with Crippen LogP contribution in [0, 0.1) is 0 Å². The maximum Gasteiger partial charge on any atom is 0.255 e. The molecule has 2 heterocycles. The van der Waals surface area contributed by atoms with Gasteiger partial charge in [0.1, 0.15) is 0 Å². The van der Waals surface area contributed by atoms with Gasteiger partial charge in [-0.1, -0.05) is 17.7 Å². The van der Waals surface area contributed by atoms with E-state index >= 15 is 0 Å². The predicted molar refractivity (Wildman–Crippen MR) is 96.8 cm³/mol. The van der Waals surface area contributed by atoms with Gasteiger partial charge in [-0.15, -0.1) is 0 Å². The standard InChI is InChI=1S/C19H15ClN2O3/c20-14-9-12-3-1-6-21-18(12)15(11-14)22-19(23)13-4-5-16-17(10-13)25-8-2-7-24-16/h1,3-6,9-11H,2,7-8H2,(H,22,23). The topological polar surface area (TPSA) is 60.5 Å². The second kappa shape index (κ2) is 6.61. The van der Waals surface area contributed by atoms with Gasteiger partial charge in [0, 0.05) is 28.6 Å². The third-order valence-corrected chi connectivity index (χ3v) is 4.15. The lowest BCUT2D eigenvalue weighted by Gasteiger charge is -2.11. The van der Waals surface area contributed by atoms with Crippen molar-refractivity contribution in [1.29, 1.82) is 0 Å². The van der Waals surface area contributed by atoms with E-state index in [9.17, 15) is 4.79 Å². The second-order valence-corrected chi connectivity index (χ2v) is 6.13. The Balaban J connectivity index is 1.66. The monoisotopic (exact) mass is 354 g/mol. The molecule has 1 aliphatic rings. The summed E-state index contributed by atoms with van der Waals surface area (Å²) >= 11 is 6.15. The number of carbonyl (C=O) groups excluding carboxylic acids is 1. The van der Waals surface area contributed by atoms with Gasteiger partial charge in [-0.2, -0.15) is 0 Å². The molecule has 4 rings (SSSR count). The summed E-state index contributed by atoms with van der Waals surface area (Å²) in [5.41, 5.74) is 1.74. The molecule has 0 atom stereocenters. The summed E-state index contributed by atoms with van der Waals surface area (Å²) in [4.78, 5) is 17.0. The van der Waals surface area contributed by atoms with Gasteiger partial charge in [-0.25, -0.2) is 0 Å². The largest absolute Gasteiger partial charge is 0.490 e. The molecule has 0 fully saturated rings. The van der Waals surface area contributed by atoms with Crippen LogP contribution in [-0.2, 0) is 0 Å². The van der Waals surface area contributed by atoms with Gasteiger partial charge in [0.05, 0.1) is 24.4 Å². The van der Waals surface area contributed by atoms with E-state index < -0.39 is 0 Å². The Morgan fingerprint density at radius 1 is 1.08 bits per heavy atom. The van der Waals surface area contributed by atoms with Crippen LogP contribution in [0.5, 0.6) is 11.5 Å². The van der Waals surface area contributed by atoms with Gasteiger partial charge in [0.2, 0.25) is 0 Å². The second-order valence-electron chi connectivity index (χ2n) is 5.69. The normalized spacial score (nSPS) is 13.3. The molecule has 0 bridgehead atoms. The zero-order valence-corrected chi connectivity index (χ0v) is 14.0. The smallest absolute Gasteiger partial charge is 0.255 e. The number of amides is 1. The number of nitrogens with zero attached hydrogens (tertiary/aromatic N) is 1. The summed E-state index contributed by atoms with van der Waals surface area (Å²) in [5.74, 6) is 0.980. The van der Waals surface area contributed by atoms with Crippen LogP contribution in [0.2, 0.25) is 5.02 Å². The van der Waals surface area contributed by atoms with Gasteiger partial charge >= 0.3 is 0 Å². The summed E-state index contributed by atoms with van der Waals surface area (Å²) in [5, 5.41) is 4.28. The molecule has 0 spiro atoms. The zero-order chi connectivity index (χ0) is 17.2. The summed E-state index contributed by atoms with van der Waals surface area (Å²) in [7, 11) is 0. The maximum atomic E-state index is 12.7. The van der Waals surface area contributed by atoms with Crippen molar-refractivity contribution in [2.75, 3.05) is 18.5 Å². The summed E-state index contributed by atoms with van der Waals surface area (Å²) < 4.78 is 11.2. The van der Waals surface area contributed by atoms with Crippen molar-refractivity contribution in [3.05, 3.63) is 59.2 Å². The molecule has 25 heavy (non-hydrogen) atoms. The molecular formula is C19H15ClN2O3. The number of hydrogen-bond acceptors (Lipinski definition) is 4. The predicted octanol–water partition coefficient (Wildman–Crippen LogP) is 4.30. The number of hydrogen-bond donors (Lipinski definition) is 1. The van der Waals surface area contributed by atoms with Gasteiger partial charge in [0.25, 0.3) is 5.91 Å². The van der Waals surface area contributed by atoms with Gasteiger partial charge in [-0.05, 0) is 36.4 Å². The van der Waals surface area contributed by atoms with Crippen molar-refractivity contribution in [1.82, 2.24) is 4.98 Å². The number of aromatic nitrogens is 1. The van der Waals surface area contributed by atoms with E-state index in [1.807, 2.05) is 18.2 Å². The van der Waals surface area contributed by atoms with Crippen molar-refractivity contribution in [2.24, 2.45) is 0 Å². The fourth-order valence-corrected chi connectivity index (χ4v) is 2.98. The molecule has 2 aromatic carbocycles. The van der Waals surface area contributed by atoms with Crippen LogP contribution in [0.15, 0.2) is 48.7 Å². The van der Waals surface area contributed by atoms with Crippen LogP contribution in [0.4, 0.5) is 5.69 Å². The molecule has 0 saturated carbocycles. The summed E-state index contributed by atoms with van der Waals surface area (Å²) in [6.07, 6.45) is 2.50. The molecule has 0 aliphatic carbocycles. The fourth-order valence-electron chi connectivity index (χ4n) is 2.75. The van der Waals surface area contributed by atoms with Crippen LogP contribution >= 0.6 is 11.6 Å². The van der Waals surface area contributed by atoms with Crippen molar-refractivity contribution in [3.63, 3.8) is 0 Å². The Morgan fingerprint density at radius 2 is 1.92 bits per heavy atom. The molecule has 0 radical (unpaired) electrons. The van der Waals surface area contributed by atoms with Crippen LogP contribution < -0.4 is 14.8 Å². The number of rotatable bonds is 2. The highest BCUT2D eigenvalue weighted by Crippen LogP contribution is 2.31. The highest BCUT2D eigenvalue weighted by atomic mass is 35.5. The SMILES string of the molecule is O=C(Nc1cc(Cl)cc2cccnc12)c1ccc2c(c1)OCCCO2. The van der Waals surface area contributed by atoms with E-state index in [0.29, 0.717) is 46.5 Å². The number of ether oxygens (including phenoxy) is 2. The molecule has 5 nitrogen and oxygen atoms in total. The van der Waals surface area contributed by atoms with Crippen LogP contribution in [0.25, 0.3) is 10.9 Å². The zero-order valence-electron chi connectivity index (χ0n) is 13.3. The molecule has 6 heteroatoms. The number of nitrogens with one attached hydrogen (secondary N) is 1. The lowest BCUT2D eigenvalue weighted by atomic mass is 10.1. The molecular weight excluding hydrogens is 340 g/mol. The summed E-state index contributed by atoms with van der Waals surface area (Å²) in [6.45, 7) is 1.18. The minimum Gasteiger partial charge on any atom is -0.490 e. The lowest BCUT2D eigenvalue weighted by Crippen LogP contribution is -2.12. The first kappa shape index (κ1) is 15.7. The Kier molecular flexibility index (Phi) is 4.15. The van der Waals surface area contributed by atoms with Crippen LogP contribution in [0.3, 0.4) is 0 Å². The third kappa shape index (κ3) is 3.23. The highest BCUT2D eigenvalue weighted by Gasteiger charge is 2.15. The number of anilines is 1. The number of pyridine rings is 1. The maximum absolute atomic E-state index is 12.7. The number of carbonyl (C=O) groups is 1. The van der Waals surface area contributed by atoms with E-state index in [1.54, 1.807) is 30.5 Å². The van der Waals surface area contributed by atoms with Gasteiger partial charge < -0.3 is 14.8 Å². The van der Waals surface area contributed by atoms with E-state index in [0.717, 1.165) is 11.8 Å². The highest BCUT2D eigenvalue weighted by molar-refractivity contribution is 6.32. The molecule has 1 amide bonds. The number of halogens is 1. The van der Waals surface area contributed by atoms with Gasteiger partial charge in [-0.3, -0.25) is 9.78 Å². The minimum atomic E-state index is -0.259. The van der Waals surface area contributed by atoms with Gasteiger partial charge in [0.15, 0.2) is 11.5 Å². The molecule has 126 valence electrons. The molecule has 1 aliphatic heterocycles. The lowest BCUT2D eigenvalue weighted by molar-refractivity contribution is 0.102. The average Bonchev–Trinajstić information content (AvgIpc) is 2.86. The van der Waals surface area contributed by atoms with Crippen molar-refractivity contribution in [3.8, 4) is 11.5 Å². The Morgan fingerprint density at radius 3 is 2.80 bits per heavy atom. The Labute approximate surface area is 149 Å². The Bertz CT molecular complexity index is 959. The fraction of sp³-hybridized carbons (Fsp3) is 0.158. The molecule has 1 aromatic heterocycles. The van der Waals surface area contributed by atoms with Crippen LogP contribution in [-0.4, -0.2) is 24.1 Å². The quantitative estimate of drug-likeness (QED) is 0.745. The molecule has 0 unspecified atom stereocenters. The summed E-state index contributed by atoms with van der Waals surface area (Å²) in [6, 6.07) is 12.4. The van der Waals surface area contributed by atoms with E-state index in [4.69, 9.17) is 21.1 Å². The minimum absolute atomic E-state index is 0.259. The third-order valence-electron chi connectivity index (χ3n) is 3.93. The van der Waals surface area contributed by atoms with E-state index in [-0.39, 0.29) is 5.91 Å². The average molecular weight is 355 g/mol. The molecule has 3 aromatic rings. The van der Waals surface area contributed by atoms with Crippen molar-refractivity contribution in [2.45, 2.75) is 6.42 Å². The van der Waals surface area contributed by atoms with Crippen molar-refractivity contribution >= 4 is 34.1 Å². The number of benzene rings is 2. The first-order valence-corrected chi connectivity index (χ1v) is 8.34. The Hall–Kier alpha value is -2.79. The van der Waals surface area contributed by atoms with E-state index in [1.165, 1.54) is 0 Å². The van der Waals surface area contributed by atoms with E-state index in [2.05, 4.69) is 10.3 Å².